The van der Waals surface area contributed by atoms with Crippen LogP contribution >= 0.6 is 11.6 Å². The number of benzene rings is 1. The molecule has 0 spiro atoms. The standard InChI is InChI=1S/C11H14ClN3O2/c1-7(16)17-10(6-15-11(13)14)8-4-2-3-5-9(8)12/h2-5,10H,6H2,1H3,(H4,13,14,15). The van der Waals surface area contributed by atoms with Gasteiger partial charge in [-0.1, -0.05) is 29.8 Å². The first-order valence-corrected chi connectivity index (χ1v) is 5.35. The predicted molar refractivity (Wildman–Crippen MR) is 66.6 cm³/mol. The molecule has 0 amide bonds. The van der Waals surface area contributed by atoms with E-state index in [9.17, 15) is 4.79 Å². The first kappa shape index (κ1) is 13.3. The quantitative estimate of drug-likeness (QED) is 0.481. The van der Waals surface area contributed by atoms with Crippen LogP contribution in [0.4, 0.5) is 0 Å². The molecule has 1 atom stereocenters. The van der Waals surface area contributed by atoms with Gasteiger partial charge in [0.05, 0.1) is 6.54 Å². The van der Waals surface area contributed by atoms with Gasteiger partial charge in [0.1, 0.15) is 6.10 Å². The number of guanidine groups is 1. The number of ether oxygens (including phenoxy) is 1. The third kappa shape index (κ3) is 4.32. The number of carbonyl (C=O) groups excluding carboxylic acids is 1. The molecule has 92 valence electrons. The fraction of sp³-hybridized carbons (Fsp3) is 0.273. The number of hydrogen-bond donors (Lipinski definition) is 2. The molecule has 0 aliphatic heterocycles. The molecule has 1 unspecified atom stereocenters. The average molecular weight is 256 g/mol. The second kappa shape index (κ2) is 6.10. The van der Waals surface area contributed by atoms with Crippen molar-refractivity contribution in [2.45, 2.75) is 13.0 Å². The molecule has 5 nitrogen and oxygen atoms in total. The third-order valence-corrected chi connectivity index (χ3v) is 2.34. The van der Waals surface area contributed by atoms with Crippen molar-refractivity contribution in [3.05, 3.63) is 34.9 Å². The van der Waals surface area contributed by atoms with Crippen LogP contribution in [0.15, 0.2) is 29.3 Å². The SMILES string of the molecule is CC(=O)OC(CN=C(N)N)c1ccccc1Cl. The molecule has 17 heavy (non-hydrogen) atoms. The summed E-state index contributed by atoms with van der Waals surface area (Å²) >= 11 is 6.02. The minimum absolute atomic E-state index is 0.0609. The molecule has 1 rings (SSSR count). The molecule has 0 aromatic heterocycles. The second-order valence-corrected chi connectivity index (χ2v) is 3.79. The van der Waals surface area contributed by atoms with E-state index in [1.54, 1.807) is 24.3 Å². The zero-order chi connectivity index (χ0) is 12.8. The number of hydrogen-bond acceptors (Lipinski definition) is 3. The van der Waals surface area contributed by atoms with Crippen LogP contribution in [0.3, 0.4) is 0 Å². The minimum Gasteiger partial charge on any atom is -0.456 e. The summed E-state index contributed by atoms with van der Waals surface area (Å²) in [4.78, 5) is 14.8. The van der Waals surface area contributed by atoms with E-state index in [1.807, 2.05) is 0 Å². The van der Waals surface area contributed by atoms with Gasteiger partial charge in [0.15, 0.2) is 5.96 Å². The lowest BCUT2D eigenvalue weighted by Crippen LogP contribution is -2.24. The first-order chi connectivity index (χ1) is 8.00. The normalized spacial score (nSPS) is 11.6. The first-order valence-electron chi connectivity index (χ1n) is 4.97. The predicted octanol–water partition coefficient (Wildman–Crippen LogP) is 1.22. The highest BCUT2D eigenvalue weighted by atomic mass is 35.5. The Kier molecular flexibility index (Phi) is 4.78. The van der Waals surface area contributed by atoms with Crippen molar-refractivity contribution < 1.29 is 9.53 Å². The van der Waals surface area contributed by atoms with Crippen LogP contribution < -0.4 is 11.5 Å². The van der Waals surface area contributed by atoms with Crippen LogP contribution in [0.2, 0.25) is 5.02 Å². The smallest absolute Gasteiger partial charge is 0.303 e. The molecule has 0 heterocycles. The van der Waals surface area contributed by atoms with E-state index in [4.69, 9.17) is 27.8 Å². The van der Waals surface area contributed by atoms with E-state index < -0.39 is 12.1 Å². The Bertz CT molecular complexity index is 430. The lowest BCUT2D eigenvalue weighted by Gasteiger charge is -2.16. The third-order valence-electron chi connectivity index (χ3n) is 2.00. The summed E-state index contributed by atoms with van der Waals surface area (Å²) in [6.45, 7) is 1.46. The van der Waals surface area contributed by atoms with Crippen molar-refractivity contribution in [3.63, 3.8) is 0 Å². The largest absolute Gasteiger partial charge is 0.456 e. The Labute approximate surface area is 104 Å². The van der Waals surface area contributed by atoms with E-state index in [2.05, 4.69) is 4.99 Å². The molecule has 4 N–H and O–H groups in total. The van der Waals surface area contributed by atoms with Gasteiger partial charge in [-0.25, -0.2) is 4.99 Å². The fourth-order valence-electron chi connectivity index (χ4n) is 1.32. The van der Waals surface area contributed by atoms with E-state index in [0.717, 1.165) is 0 Å². The van der Waals surface area contributed by atoms with Crippen molar-refractivity contribution in [1.82, 2.24) is 0 Å². The molecule has 0 saturated carbocycles. The Hall–Kier alpha value is -1.75. The van der Waals surface area contributed by atoms with E-state index >= 15 is 0 Å². The minimum atomic E-state index is -0.580. The highest BCUT2D eigenvalue weighted by molar-refractivity contribution is 6.31. The molecule has 6 heteroatoms. The maximum absolute atomic E-state index is 11.0. The number of esters is 1. The average Bonchev–Trinajstić information content (AvgIpc) is 2.24. The molecule has 0 bridgehead atoms. The van der Waals surface area contributed by atoms with Crippen LogP contribution in [-0.4, -0.2) is 18.5 Å². The number of rotatable bonds is 4. The number of nitrogens with zero attached hydrogens (tertiary/aromatic N) is 1. The Morgan fingerprint density at radius 3 is 2.65 bits per heavy atom. The maximum Gasteiger partial charge on any atom is 0.303 e. The van der Waals surface area contributed by atoms with Crippen LogP contribution in [-0.2, 0) is 9.53 Å². The Morgan fingerprint density at radius 2 is 2.12 bits per heavy atom. The number of carbonyl (C=O) groups is 1. The summed E-state index contributed by atoms with van der Waals surface area (Å²) in [5.41, 5.74) is 11.2. The summed E-state index contributed by atoms with van der Waals surface area (Å²) in [7, 11) is 0. The van der Waals surface area contributed by atoms with Crippen LogP contribution in [0.1, 0.15) is 18.6 Å². The number of halogens is 1. The molecule has 0 radical (unpaired) electrons. The summed E-state index contributed by atoms with van der Waals surface area (Å²) in [5.74, 6) is -0.477. The topological polar surface area (TPSA) is 90.7 Å². The molecular formula is C11H14ClN3O2. The lowest BCUT2D eigenvalue weighted by molar-refractivity contribution is -0.146. The zero-order valence-electron chi connectivity index (χ0n) is 9.39. The molecular weight excluding hydrogens is 242 g/mol. The van der Waals surface area contributed by atoms with Gasteiger partial charge in [-0.3, -0.25) is 4.79 Å². The lowest BCUT2D eigenvalue weighted by atomic mass is 10.1. The molecule has 0 aliphatic carbocycles. The van der Waals surface area contributed by atoms with Gasteiger partial charge in [0.2, 0.25) is 0 Å². The van der Waals surface area contributed by atoms with Crippen LogP contribution in [0.25, 0.3) is 0 Å². The van der Waals surface area contributed by atoms with Crippen molar-refractivity contribution in [3.8, 4) is 0 Å². The summed E-state index contributed by atoms with van der Waals surface area (Å²) in [6.07, 6.45) is -0.580. The van der Waals surface area contributed by atoms with Crippen molar-refractivity contribution >= 4 is 23.5 Å². The van der Waals surface area contributed by atoms with Gasteiger partial charge in [0.25, 0.3) is 0 Å². The Balaban J connectivity index is 2.93. The molecule has 1 aromatic rings. The summed E-state index contributed by atoms with van der Waals surface area (Å²) in [5, 5.41) is 0.504. The number of nitrogens with two attached hydrogens (primary N) is 2. The zero-order valence-corrected chi connectivity index (χ0v) is 10.1. The van der Waals surface area contributed by atoms with Crippen molar-refractivity contribution in [1.29, 1.82) is 0 Å². The van der Waals surface area contributed by atoms with Gasteiger partial charge < -0.3 is 16.2 Å². The van der Waals surface area contributed by atoms with E-state index in [1.165, 1.54) is 6.92 Å². The number of aliphatic imine (C=N–C) groups is 1. The van der Waals surface area contributed by atoms with Gasteiger partial charge in [-0.15, -0.1) is 0 Å². The fourth-order valence-corrected chi connectivity index (χ4v) is 1.58. The van der Waals surface area contributed by atoms with Gasteiger partial charge in [0, 0.05) is 17.5 Å². The van der Waals surface area contributed by atoms with Gasteiger partial charge in [-0.05, 0) is 6.07 Å². The second-order valence-electron chi connectivity index (χ2n) is 3.39. The van der Waals surface area contributed by atoms with Gasteiger partial charge in [-0.2, -0.15) is 0 Å². The van der Waals surface area contributed by atoms with Crippen LogP contribution in [0, 0.1) is 0 Å². The van der Waals surface area contributed by atoms with E-state index in [0.29, 0.717) is 10.6 Å². The molecule has 0 fully saturated rings. The summed E-state index contributed by atoms with van der Waals surface area (Å²) < 4.78 is 5.13. The maximum atomic E-state index is 11.0. The van der Waals surface area contributed by atoms with Gasteiger partial charge >= 0.3 is 5.97 Å². The van der Waals surface area contributed by atoms with Crippen molar-refractivity contribution in [2.75, 3.05) is 6.54 Å². The van der Waals surface area contributed by atoms with Crippen molar-refractivity contribution in [2.24, 2.45) is 16.5 Å². The molecule has 0 aliphatic rings. The van der Waals surface area contributed by atoms with Crippen LogP contribution in [0.5, 0.6) is 0 Å². The Morgan fingerprint density at radius 1 is 1.47 bits per heavy atom. The molecule has 1 aromatic carbocycles. The highest BCUT2D eigenvalue weighted by Gasteiger charge is 2.17. The summed E-state index contributed by atoms with van der Waals surface area (Å²) in [6, 6.07) is 7.06. The molecule has 0 saturated heterocycles. The monoisotopic (exact) mass is 255 g/mol. The van der Waals surface area contributed by atoms with E-state index in [-0.39, 0.29) is 12.5 Å². The highest BCUT2D eigenvalue weighted by Crippen LogP contribution is 2.25.